The van der Waals surface area contributed by atoms with Gasteiger partial charge in [-0.2, -0.15) is 4.98 Å². The Balaban J connectivity index is 2.08. The number of aromatic nitrogens is 2. The lowest BCUT2D eigenvalue weighted by atomic mass is 10.1. The number of nitrogens with zero attached hydrogens (tertiary/aromatic N) is 3. The fourth-order valence-electron chi connectivity index (χ4n) is 3.65. The largest absolute Gasteiger partial charge is 0.425 e. The van der Waals surface area contributed by atoms with E-state index in [0.717, 1.165) is 18.4 Å². The molecule has 35 heavy (non-hydrogen) atoms. The van der Waals surface area contributed by atoms with Crippen LogP contribution in [-0.2, 0) is 11.3 Å². The normalized spacial score (nSPS) is 11.8. The van der Waals surface area contributed by atoms with Crippen molar-refractivity contribution in [1.82, 2.24) is 14.5 Å². The third-order valence-electron chi connectivity index (χ3n) is 5.65. The minimum atomic E-state index is -0.586. The van der Waals surface area contributed by atoms with Crippen LogP contribution in [-0.4, -0.2) is 38.7 Å². The molecule has 1 amide bonds. The van der Waals surface area contributed by atoms with Crippen LogP contribution in [0.4, 0.5) is 4.39 Å². The maximum absolute atomic E-state index is 13.9. The summed E-state index contributed by atoms with van der Waals surface area (Å²) in [5.41, 5.74) is 1.11. The van der Waals surface area contributed by atoms with Crippen LogP contribution >= 0.6 is 27.5 Å². The summed E-state index contributed by atoms with van der Waals surface area (Å²) in [4.78, 5) is 32.4. The Morgan fingerprint density at radius 1 is 1.20 bits per heavy atom. The molecule has 0 radical (unpaired) electrons. The van der Waals surface area contributed by atoms with Crippen molar-refractivity contribution in [3.8, 4) is 11.8 Å². The number of halogens is 3. The van der Waals surface area contributed by atoms with Gasteiger partial charge in [0.2, 0.25) is 0 Å². The summed E-state index contributed by atoms with van der Waals surface area (Å²) in [6, 6.07) is 12.4. The number of rotatable bonds is 11. The number of benzene rings is 2. The van der Waals surface area contributed by atoms with Crippen molar-refractivity contribution < 1.29 is 18.7 Å². The van der Waals surface area contributed by atoms with Crippen molar-refractivity contribution >= 4 is 39.2 Å². The highest BCUT2D eigenvalue weighted by atomic mass is 79.9. The molecule has 0 bridgehead atoms. The van der Waals surface area contributed by atoms with Crippen LogP contribution in [0, 0.1) is 5.82 Å². The van der Waals surface area contributed by atoms with Crippen LogP contribution < -0.4 is 4.74 Å². The van der Waals surface area contributed by atoms with Crippen LogP contribution in [0.1, 0.15) is 56.1 Å². The number of carbonyl (C=O) groups is 2. The summed E-state index contributed by atoms with van der Waals surface area (Å²) < 4.78 is 21.6. The molecular formula is C26H28BrClFN3O3. The molecule has 9 heteroatoms. The molecule has 1 unspecified atom stereocenters. The van der Waals surface area contributed by atoms with E-state index in [1.807, 2.05) is 19.1 Å². The van der Waals surface area contributed by atoms with E-state index in [1.54, 1.807) is 41.5 Å². The van der Waals surface area contributed by atoms with E-state index >= 15 is 0 Å². The number of ether oxygens (including phenoxy) is 1. The van der Waals surface area contributed by atoms with Gasteiger partial charge in [-0.3, -0.25) is 14.2 Å². The highest BCUT2D eigenvalue weighted by Gasteiger charge is 2.31. The monoisotopic (exact) mass is 563 g/mol. The minimum absolute atomic E-state index is 0.0226. The van der Waals surface area contributed by atoms with Gasteiger partial charge in [-0.1, -0.05) is 50.1 Å². The maximum Gasteiger partial charge on any atom is 0.303 e. The van der Waals surface area contributed by atoms with E-state index in [-0.39, 0.29) is 40.3 Å². The molecule has 0 aliphatic rings. The molecule has 0 saturated heterocycles. The molecule has 1 atom stereocenters. The van der Waals surface area contributed by atoms with Gasteiger partial charge in [0.1, 0.15) is 21.9 Å². The zero-order valence-corrected chi connectivity index (χ0v) is 22.3. The van der Waals surface area contributed by atoms with Crippen LogP contribution in [0.15, 0.2) is 53.1 Å². The van der Waals surface area contributed by atoms with Crippen LogP contribution in [0.5, 0.6) is 11.8 Å². The molecule has 3 aromatic rings. The fraction of sp³-hybridized carbons (Fsp3) is 0.346. The molecule has 1 heterocycles. The Hall–Kier alpha value is -2.71. The molecule has 3 rings (SSSR count). The van der Waals surface area contributed by atoms with Gasteiger partial charge in [0, 0.05) is 24.1 Å². The number of hydrogen-bond acceptors (Lipinski definition) is 4. The van der Waals surface area contributed by atoms with E-state index in [2.05, 4.69) is 20.9 Å². The molecule has 2 aromatic carbocycles. The summed E-state index contributed by atoms with van der Waals surface area (Å²) >= 11 is 9.46. The Morgan fingerprint density at radius 2 is 1.91 bits per heavy atom. The molecule has 0 aliphatic heterocycles. The third kappa shape index (κ3) is 6.70. The molecule has 0 aliphatic carbocycles. The fourth-order valence-corrected chi connectivity index (χ4v) is 4.31. The maximum atomic E-state index is 13.9. The number of unbranched alkanes of at least 4 members (excludes halogenated alkanes) is 1. The summed E-state index contributed by atoms with van der Waals surface area (Å²) in [6.07, 6.45) is 1.95. The highest BCUT2D eigenvalue weighted by molar-refractivity contribution is 9.10. The number of Topliss-reactive ketones (excluding diaryl/α,β-unsaturated/α-hetero) is 1. The first kappa shape index (κ1) is 26.9. The summed E-state index contributed by atoms with van der Waals surface area (Å²) in [5, 5.41) is 0.589. The molecule has 0 saturated carbocycles. The van der Waals surface area contributed by atoms with Gasteiger partial charge in [0.15, 0.2) is 5.78 Å². The second kappa shape index (κ2) is 12.3. The summed E-state index contributed by atoms with van der Waals surface area (Å²) in [6.45, 7) is 6.24. The van der Waals surface area contributed by atoms with E-state index in [0.29, 0.717) is 18.0 Å². The van der Waals surface area contributed by atoms with Crippen LogP contribution in [0.25, 0.3) is 0 Å². The second-order valence-corrected chi connectivity index (χ2v) is 9.34. The van der Waals surface area contributed by atoms with Crippen LogP contribution in [0.3, 0.4) is 0 Å². The Bertz CT molecular complexity index is 1180. The quantitative estimate of drug-likeness (QED) is 0.254. The first-order valence-corrected chi connectivity index (χ1v) is 12.7. The zero-order chi connectivity index (χ0) is 25.5. The molecular weight excluding hydrogens is 537 g/mol. The van der Waals surface area contributed by atoms with E-state index < -0.39 is 11.9 Å². The average Bonchev–Trinajstić information content (AvgIpc) is 3.13. The number of hydrogen-bond donors (Lipinski definition) is 0. The van der Waals surface area contributed by atoms with E-state index in [9.17, 15) is 14.0 Å². The third-order valence-corrected chi connectivity index (χ3v) is 6.45. The van der Waals surface area contributed by atoms with Crippen molar-refractivity contribution in [2.45, 2.75) is 52.6 Å². The van der Waals surface area contributed by atoms with Crippen molar-refractivity contribution in [2.24, 2.45) is 0 Å². The lowest BCUT2D eigenvalue weighted by Crippen LogP contribution is -2.44. The van der Waals surface area contributed by atoms with Gasteiger partial charge >= 0.3 is 6.01 Å². The lowest BCUT2D eigenvalue weighted by Gasteiger charge is -2.28. The Morgan fingerprint density at radius 3 is 2.54 bits per heavy atom. The SMILES string of the molecule is CCCCN(C(=O)c1c(Br)nc(Oc2cccc(F)c2)n1Cc1ccc(Cl)cc1)C(C)C(=O)CC. The van der Waals surface area contributed by atoms with Gasteiger partial charge in [-0.25, -0.2) is 4.39 Å². The van der Waals surface area contributed by atoms with Gasteiger partial charge in [0.05, 0.1) is 12.6 Å². The minimum Gasteiger partial charge on any atom is -0.425 e. The second-order valence-electron chi connectivity index (χ2n) is 8.15. The number of amides is 1. The van der Waals surface area contributed by atoms with Crippen molar-refractivity contribution in [3.63, 3.8) is 0 Å². The Labute approximate surface area is 218 Å². The predicted octanol–water partition coefficient (Wildman–Crippen LogP) is 6.89. The highest BCUT2D eigenvalue weighted by Crippen LogP contribution is 2.30. The van der Waals surface area contributed by atoms with Crippen molar-refractivity contribution in [2.75, 3.05) is 6.54 Å². The zero-order valence-electron chi connectivity index (χ0n) is 19.9. The predicted molar refractivity (Wildman–Crippen MR) is 138 cm³/mol. The van der Waals surface area contributed by atoms with Gasteiger partial charge in [-0.05, 0) is 59.1 Å². The Kier molecular flexibility index (Phi) is 9.46. The standard InChI is InChI=1S/C26H28BrClFN3O3/c1-4-6-14-31(17(3)22(33)5-2)25(34)23-24(27)30-26(35-21-9-7-8-20(29)15-21)32(23)16-18-10-12-19(28)13-11-18/h7-13,15,17H,4-6,14,16H2,1-3H3. The lowest BCUT2D eigenvalue weighted by molar-refractivity contribution is -0.122. The number of carbonyl (C=O) groups excluding carboxylic acids is 2. The topological polar surface area (TPSA) is 64.4 Å². The summed E-state index contributed by atoms with van der Waals surface area (Å²) in [7, 11) is 0. The van der Waals surface area contributed by atoms with Crippen molar-refractivity contribution in [3.05, 3.63) is 75.2 Å². The molecule has 0 spiro atoms. The van der Waals surface area contributed by atoms with Crippen LogP contribution in [0.2, 0.25) is 5.02 Å². The first-order chi connectivity index (χ1) is 16.7. The van der Waals surface area contributed by atoms with Crippen molar-refractivity contribution in [1.29, 1.82) is 0 Å². The molecule has 0 N–H and O–H groups in total. The van der Waals surface area contributed by atoms with E-state index in [4.69, 9.17) is 16.3 Å². The molecule has 6 nitrogen and oxygen atoms in total. The molecule has 186 valence electrons. The molecule has 1 aromatic heterocycles. The number of ketones is 1. The smallest absolute Gasteiger partial charge is 0.303 e. The van der Waals surface area contributed by atoms with Gasteiger partial charge in [-0.15, -0.1) is 0 Å². The average molecular weight is 565 g/mol. The number of imidazole rings is 1. The summed E-state index contributed by atoms with van der Waals surface area (Å²) in [5.74, 6) is -0.566. The van der Waals surface area contributed by atoms with Gasteiger partial charge in [0.25, 0.3) is 5.91 Å². The first-order valence-electron chi connectivity index (χ1n) is 11.5. The van der Waals surface area contributed by atoms with E-state index in [1.165, 1.54) is 18.2 Å². The van der Waals surface area contributed by atoms with Gasteiger partial charge < -0.3 is 9.64 Å². The molecule has 0 fully saturated rings.